The summed E-state index contributed by atoms with van der Waals surface area (Å²) in [6, 6.07) is 8.65. The van der Waals surface area contributed by atoms with Gasteiger partial charge >= 0.3 is 5.97 Å². The van der Waals surface area contributed by atoms with Gasteiger partial charge in [-0.25, -0.2) is 9.18 Å². The third kappa shape index (κ3) is 2.42. The van der Waals surface area contributed by atoms with E-state index >= 15 is 0 Å². The van der Waals surface area contributed by atoms with Crippen LogP contribution in [0.25, 0.3) is 11.1 Å². The Morgan fingerprint density at radius 1 is 1.16 bits per heavy atom. The number of benzene rings is 2. The molecule has 2 aromatic carbocycles. The maximum Gasteiger partial charge on any atom is 0.336 e. The van der Waals surface area contributed by atoms with Crippen molar-refractivity contribution in [2.45, 2.75) is 0 Å². The lowest BCUT2D eigenvalue weighted by molar-refractivity contribution is -0.384. The first-order chi connectivity index (χ1) is 9.00. The van der Waals surface area contributed by atoms with Gasteiger partial charge in [0.1, 0.15) is 5.82 Å². The van der Waals surface area contributed by atoms with Crippen LogP contribution in [0.4, 0.5) is 10.1 Å². The number of rotatable bonds is 3. The molecule has 2 aromatic rings. The fourth-order valence-corrected chi connectivity index (χ4v) is 1.79. The molecule has 0 fully saturated rings. The number of nitrogens with zero attached hydrogens (tertiary/aromatic N) is 1. The minimum atomic E-state index is -1.27. The Balaban J connectivity index is 2.74. The van der Waals surface area contributed by atoms with Crippen LogP contribution in [0, 0.1) is 15.9 Å². The fraction of sp³-hybridized carbons (Fsp3) is 0. The van der Waals surface area contributed by atoms with Gasteiger partial charge in [-0.15, -0.1) is 0 Å². The van der Waals surface area contributed by atoms with Crippen LogP contribution in [0.1, 0.15) is 10.4 Å². The molecule has 0 aromatic heterocycles. The van der Waals surface area contributed by atoms with Crippen molar-refractivity contribution in [3.63, 3.8) is 0 Å². The average molecular weight is 261 g/mol. The molecule has 6 heteroatoms. The summed E-state index contributed by atoms with van der Waals surface area (Å²) >= 11 is 0. The highest BCUT2D eigenvalue weighted by molar-refractivity contribution is 5.98. The zero-order valence-electron chi connectivity index (χ0n) is 9.54. The molecule has 0 saturated carbocycles. The van der Waals surface area contributed by atoms with Crippen molar-refractivity contribution in [1.29, 1.82) is 0 Å². The van der Waals surface area contributed by atoms with E-state index in [0.29, 0.717) is 0 Å². The molecule has 0 unspecified atom stereocenters. The standard InChI is InChI=1S/C13H8FNO4/c14-9-6-4-8(5-7-9)12-10(13(16)17)2-1-3-11(12)15(18)19/h1-7H,(H,16,17). The summed E-state index contributed by atoms with van der Waals surface area (Å²) in [7, 11) is 0. The second-order valence-corrected chi connectivity index (χ2v) is 3.77. The largest absolute Gasteiger partial charge is 0.478 e. The number of carbonyl (C=O) groups is 1. The molecule has 5 nitrogen and oxygen atoms in total. The van der Waals surface area contributed by atoms with E-state index in [0.717, 1.165) is 12.1 Å². The monoisotopic (exact) mass is 261 g/mol. The van der Waals surface area contributed by atoms with Crippen molar-refractivity contribution in [2.24, 2.45) is 0 Å². The van der Waals surface area contributed by atoms with E-state index in [2.05, 4.69) is 0 Å². The second-order valence-electron chi connectivity index (χ2n) is 3.77. The van der Waals surface area contributed by atoms with E-state index in [1.165, 1.54) is 30.3 Å². The SMILES string of the molecule is O=C(O)c1cccc([N+](=O)[O-])c1-c1ccc(F)cc1. The second kappa shape index (κ2) is 4.85. The Morgan fingerprint density at radius 3 is 2.32 bits per heavy atom. The molecule has 19 heavy (non-hydrogen) atoms. The van der Waals surface area contributed by atoms with Crippen molar-refractivity contribution in [1.82, 2.24) is 0 Å². The number of nitro groups is 1. The number of aromatic carboxylic acids is 1. The maximum absolute atomic E-state index is 12.9. The number of halogens is 1. The summed E-state index contributed by atoms with van der Waals surface area (Å²) in [6.45, 7) is 0. The van der Waals surface area contributed by atoms with E-state index in [-0.39, 0.29) is 22.4 Å². The first-order valence-electron chi connectivity index (χ1n) is 5.27. The van der Waals surface area contributed by atoms with Gasteiger partial charge in [-0.3, -0.25) is 10.1 Å². The molecule has 0 atom stereocenters. The van der Waals surface area contributed by atoms with Crippen molar-refractivity contribution < 1.29 is 19.2 Å². The summed E-state index contributed by atoms with van der Waals surface area (Å²) in [4.78, 5) is 21.5. The first-order valence-corrected chi connectivity index (χ1v) is 5.27. The lowest BCUT2D eigenvalue weighted by atomic mass is 9.98. The lowest BCUT2D eigenvalue weighted by Gasteiger charge is -2.07. The molecule has 0 radical (unpaired) electrons. The van der Waals surface area contributed by atoms with Gasteiger partial charge in [0.2, 0.25) is 0 Å². The summed E-state index contributed by atoms with van der Waals surface area (Å²) < 4.78 is 12.9. The van der Waals surface area contributed by atoms with Crippen LogP contribution < -0.4 is 0 Å². The Morgan fingerprint density at radius 2 is 1.79 bits per heavy atom. The average Bonchev–Trinajstić information content (AvgIpc) is 2.38. The Hall–Kier alpha value is -2.76. The minimum Gasteiger partial charge on any atom is -0.478 e. The topological polar surface area (TPSA) is 80.4 Å². The third-order valence-corrected chi connectivity index (χ3v) is 2.60. The van der Waals surface area contributed by atoms with E-state index in [1.807, 2.05) is 0 Å². The minimum absolute atomic E-state index is 0.0278. The van der Waals surface area contributed by atoms with Crippen molar-refractivity contribution >= 4 is 11.7 Å². The predicted octanol–water partition coefficient (Wildman–Crippen LogP) is 3.10. The molecule has 1 N–H and O–H groups in total. The van der Waals surface area contributed by atoms with E-state index < -0.39 is 16.7 Å². The molecule has 0 amide bonds. The predicted molar refractivity (Wildman–Crippen MR) is 65.4 cm³/mol. The molecular weight excluding hydrogens is 253 g/mol. The van der Waals surface area contributed by atoms with Gasteiger partial charge in [0, 0.05) is 6.07 Å². The number of carboxylic acid groups (broad SMARTS) is 1. The molecule has 0 saturated heterocycles. The normalized spacial score (nSPS) is 10.2. The van der Waals surface area contributed by atoms with Crippen LogP contribution in [0.15, 0.2) is 42.5 Å². The maximum atomic E-state index is 12.9. The molecule has 2 rings (SSSR count). The van der Waals surface area contributed by atoms with E-state index in [9.17, 15) is 19.3 Å². The molecular formula is C13H8FNO4. The summed E-state index contributed by atoms with van der Waals surface area (Å²) in [5, 5.41) is 20.1. The highest BCUT2D eigenvalue weighted by Crippen LogP contribution is 2.33. The van der Waals surface area contributed by atoms with Gasteiger partial charge in [0.25, 0.3) is 5.69 Å². The van der Waals surface area contributed by atoms with Crippen molar-refractivity contribution in [3.8, 4) is 11.1 Å². The van der Waals surface area contributed by atoms with Crippen molar-refractivity contribution in [2.75, 3.05) is 0 Å². The Labute approximate surface area is 107 Å². The highest BCUT2D eigenvalue weighted by Gasteiger charge is 2.22. The molecule has 0 heterocycles. The van der Waals surface area contributed by atoms with Crippen molar-refractivity contribution in [3.05, 3.63) is 64.0 Å². The molecule has 0 spiro atoms. The Kier molecular flexibility index (Phi) is 3.24. The highest BCUT2D eigenvalue weighted by atomic mass is 19.1. The van der Waals surface area contributed by atoms with Gasteiger partial charge in [-0.1, -0.05) is 18.2 Å². The summed E-state index contributed by atoms with van der Waals surface area (Å²) in [6.07, 6.45) is 0. The van der Waals surface area contributed by atoms with Gasteiger partial charge in [-0.2, -0.15) is 0 Å². The third-order valence-electron chi connectivity index (χ3n) is 2.60. The molecule has 0 aliphatic rings. The van der Waals surface area contributed by atoms with Crippen LogP contribution in [0.3, 0.4) is 0 Å². The lowest BCUT2D eigenvalue weighted by Crippen LogP contribution is -2.02. The smallest absolute Gasteiger partial charge is 0.336 e. The van der Waals surface area contributed by atoms with Crippen LogP contribution in [-0.4, -0.2) is 16.0 Å². The number of carboxylic acids is 1. The Bertz CT molecular complexity index is 620. The molecule has 0 aliphatic carbocycles. The zero-order valence-corrected chi connectivity index (χ0v) is 9.54. The first kappa shape index (κ1) is 12.7. The van der Waals surface area contributed by atoms with E-state index in [1.54, 1.807) is 0 Å². The zero-order chi connectivity index (χ0) is 14.0. The summed E-state index contributed by atoms with van der Waals surface area (Å²) in [5.41, 5.74) is -0.265. The van der Waals surface area contributed by atoms with Gasteiger partial charge < -0.3 is 5.11 Å². The molecule has 0 bridgehead atoms. The van der Waals surface area contributed by atoms with Crippen LogP contribution in [0.5, 0.6) is 0 Å². The van der Waals surface area contributed by atoms with Gasteiger partial charge in [0.15, 0.2) is 0 Å². The number of hydrogen-bond acceptors (Lipinski definition) is 3. The van der Waals surface area contributed by atoms with E-state index in [4.69, 9.17) is 5.11 Å². The van der Waals surface area contributed by atoms with Crippen LogP contribution in [-0.2, 0) is 0 Å². The fourth-order valence-electron chi connectivity index (χ4n) is 1.79. The molecule has 0 aliphatic heterocycles. The summed E-state index contributed by atoms with van der Waals surface area (Å²) in [5.74, 6) is -1.78. The number of hydrogen-bond donors (Lipinski definition) is 1. The van der Waals surface area contributed by atoms with Gasteiger partial charge in [0.05, 0.1) is 16.1 Å². The van der Waals surface area contributed by atoms with Gasteiger partial charge in [-0.05, 0) is 23.8 Å². The number of nitro benzene ring substituents is 1. The quantitative estimate of drug-likeness (QED) is 0.680. The molecule has 96 valence electrons. The van der Waals surface area contributed by atoms with Crippen LogP contribution in [0.2, 0.25) is 0 Å². The van der Waals surface area contributed by atoms with Crippen LogP contribution >= 0.6 is 0 Å².